The molecule has 0 amide bonds. The van der Waals surface area contributed by atoms with Crippen molar-refractivity contribution in [2.24, 2.45) is 5.92 Å². The van der Waals surface area contributed by atoms with Crippen LogP contribution in [-0.2, 0) is 0 Å². The lowest BCUT2D eigenvalue weighted by Gasteiger charge is -2.27. The van der Waals surface area contributed by atoms with Crippen LogP contribution >= 0.6 is 0 Å². The third-order valence-electron chi connectivity index (χ3n) is 1.57. The first-order valence-corrected chi connectivity index (χ1v) is 4.23. The van der Waals surface area contributed by atoms with Crippen molar-refractivity contribution < 1.29 is 0 Å². The third kappa shape index (κ3) is 4.80. The van der Waals surface area contributed by atoms with Crippen LogP contribution < -0.4 is 5.32 Å². The molecule has 0 aromatic rings. The first-order chi connectivity index (χ1) is 4.48. The third-order valence-corrected chi connectivity index (χ3v) is 1.57. The van der Waals surface area contributed by atoms with Gasteiger partial charge in [-0.25, -0.2) is 0 Å². The van der Waals surface area contributed by atoms with Gasteiger partial charge in [-0.3, -0.25) is 0 Å². The van der Waals surface area contributed by atoms with Gasteiger partial charge in [0.05, 0.1) is 0 Å². The molecule has 0 heterocycles. The Bertz CT molecular complexity index is 84.7. The summed E-state index contributed by atoms with van der Waals surface area (Å²) < 4.78 is 0. The molecule has 1 N–H and O–H groups in total. The van der Waals surface area contributed by atoms with E-state index in [0.717, 1.165) is 12.5 Å². The van der Waals surface area contributed by atoms with Crippen LogP contribution in [-0.4, -0.2) is 12.1 Å². The summed E-state index contributed by atoms with van der Waals surface area (Å²) in [6.07, 6.45) is 1.25. The fourth-order valence-corrected chi connectivity index (χ4v) is 1.57. The summed E-state index contributed by atoms with van der Waals surface area (Å²) >= 11 is 0. The van der Waals surface area contributed by atoms with Crippen LogP contribution in [0.2, 0.25) is 0 Å². The van der Waals surface area contributed by atoms with Crippen molar-refractivity contribution in [1.82, 2.24) is 5.32 Å². The average molecular weight is 143 g/mol. The molecule has 0 aromatic heterocycles. The van der Waals surface area contributed by atoms with Gasteiger partial charge in [-0.05, 0) is 32.7 Å². The quantitative estimate of drug-likeness (QED) is 0.637. The number of hydrogen-bond donors (Lipinski definition) is 1. The molecule has 0 unspecified atom stereocenters. The van der Waals surface area contributed by atoms with Crippen LogP contribution in [0.15, 0.2) is 0 Å². The highest BCUT2D eigenvalue weighted by Gasteiger charge is 2.16. The molecule has 0 aliphatic rings. The maximum atomic E-state index is 3.45. The van der Waals surface area contributed by atoms with Crippen molar-refractivity contribution in [3.05, 3.63) is 0 Å². The largest absolute Gasteiger partial charge is 0.312 e. The Morgan fingerprint density at radius 1 is 1.30 bits per heavy atom. The lowest BCUT2D eigenvalue weighted by Crippen LogP contribution is -2.40. The molecule has 0 aliphatic carbocycles. The maximum Gasteiger partial charge on any atom is 0.0127 e. The van der Waals surface area contributed by atoms with Crippen molar-refractivity contribution >= 4 is 0 Å². The van der Waals surface area contributed by atoms with Gasteiger partial charge >= 0.3 is 0 Å². The lowest BCUT2D eigenvalue weighted by atomic mass is 9.93. The molecule has 0 aliphatic heterocycles. The van der Waals surface area contributed by atoms with E-state index in [1.807, 2.05) is 0 Å². The molecule has 0 spiro atoms. The summed E-state index contributed by atoms with van der Waals surface area (Å²) in [5.74, 6) is 0.786. The van der Waals surface area contributed by atoms with E-state index in [-0.39, 0.29) is 0 Å². The highest BCUT2D eigenvalue weighted by Crippen LogP contribution is 2.14. The lowest BCUT2D eigenvalue weighted by molar-refractivity contribution is 0.325. The summed E-state index contributed by atoms with van der Waals surface area (Å²) in [6.45, 7) is 12.3. The molecular weight excluding hydrogens is 122 g/mol. The molecule has 0 rings (SSSR count). The first kappa shape index (κ1) is 9.96. The van der Waals surface area contributed by atoms with Gasteiger partial charge in [-0.1, -0.05) is 20.8 Å². The molecule has 0 radical (unpaired) electrons. The van der Waals surface area contributed by atoms with Crippen LogP contribution in [0.25, 0.3) is 0 Å². The monoisotopic (exact) mass is 143 g/mol. The van der Waals surface area contributed by atoms with Crippen molar-refractivity contribution in [2.45, 2.75) is 46.6 Å². The predicted octanol–water partition coefficient (Wildman–Crippen LogP) is 2.42. The average Bonchev–Trinajstić information content (AvgIpc) is 1.59. The summed E-state index contributed by atoms with van der Waals surface area (Å²) in [5, 5.41) is 3.45. The SMILES string of the molecule is CCNC(C)(C)CC(C)C. The van der Waals surface area contributed by atoms with Gasteiger partial charge in [0, 0.05) is 5.54 Å². The van der Waals surface area contributed by atoms with Crippen LogP contribution in [0.5, 0.6) is 0 Å². The normalized spacial score (nSPS) is 12.6. The van der Waals surface area contributed by atoms with Gasteiger partial charge in [-0.15, -0.1) is 0 Å². The molecule has 0 aromatic carbocycles. The van der Waals surface area contributed by atoms with Crippen molar-refractivity contribution in [3.63, 3.8) is 0 Å². The Kier molecular flexibility index (Phi) is 3.95. The minimum Gasteiger partial charge on any atom is -0.312 e. The molecule has 0 bridgehead atoms. The van der Waals surface area contributed by atoms with E-state index in [0.29, 0.717) is 5.54 Å². The Morgan fingerprint density at radius 2 is 1.80 bits per heavy atom. The second-order valence-electron chi connectivity index (χ2n) is 4.01. The summed E-state index contributed by atoms with van der Waals surface area (Å²) in [7, 11) is 0. The minimum absolute atomic E-state index is 0.322. The van der Waals surface area contributed by atoms with Crippen molar-refractivity contribution in [1.29, 1.82) is 0 Å². The van der Waals surface area contributed by atoms with Gasteiger partial charge in [-0.2, -0.15) is 0 Å². The fraction of sp³-hybridized carbons (Fsp3) is 1.00. The molecule has 0 atom stereocenters. The van der Waals surface area contributed by atoms with Gasteiger partial charge < -0.3 is 5.32 Å². The molecule has 0 saturated carbocycles. The second-order valence-corrected chi connectivity index (χ2v) is 4.01. The number of hydrogen-bond acceptors (Lipinski definition) is 1. The Morgan fingerprint density at radius 3 is 2.10 bits per heavy atom. The van der Waals surface area contributed by atoms with E-state index in [9.17, 15) is 0 Å². The van der Waals surface area contributed by atoms with E-state index >= 15 is 0 Å². The van der Waals surface area contributed by atoms with E-state index < -0.39 is 0 Å². The molecule has 62 valence electrons. The zero-order valence-corrected chi connectivity index (χ0v) is 7.99. The van der Waals surface area contributed by atoms with E-state index in [4.69, 9.17) is 0 Å². The smallest absolute Gasteiger partial charge is 0.0127 e. The van der Waals surface area contributed by atoms with E-state index in [1.54, 1.807) is 0 Å². The van der Waals surface area contributed by atoms with Crippen LogP contribution in [0.4, 0.5) is 0 Å². The standard InChI is InChI=1S/C9H21N/c1-6-10-9(4,5)7-8(2)3/h8,10H,6-7H2,1-5H3. The molecule has 0 fully saturated rings. The summed E-state index contributed by atoms with van der Waals surface area (Å²) in [4.78, 5) is 0. The fourth-order valence-electron chi connectivity index (χ4n) is 1.57. The summed E-state index contributed by atoms with van der Waals surface area (Å²) in [6, 6.07) is 0. The Labute approximate surface area is 65.2 Å². The molecule has 1 nitrogen and oxygen atoms in total. The van der Waals surface area contributed by atoms with Gasteiger partial charge in [0.15, 0.2) is 0 Å². The molecule has 10 heavy (non-hydrogen) atoms. The predicted molar refractivity (Wildman–Crippen MR) is 47.2 cm³/mol. The van der Waals surface area contributed by atoms with Crippen molar-refractivity contribution in [3.8, 4) is 0 Å². The summed E-state index contributed by atoms with van der Waals surface area (Å²) in [5.41, 5.74) is 0.322. The highest BCUT2D eigenvalue weighted by atomic mass is 14.9. The van der Waals surface area contributed by atoms with E-state index in [2.05, 4.69) is 39.9 Å². The molecular formula is C9H21N. The van der Waals surface area contributed by atoms with Crippen LogP contribution in [0, 0.1) is 5.92 Å². The second kappa shape index (κ2) is 3.97. The first-order valence-electron chi connectivity index (χ1n) is 4.23. The van der Waals surface area contributed by atoms with Crippen LogP contribution in [0.1, 0.15) is 41.0 Å². The number of rotatable bonds is 4. The topological polar surface area (TPSA) is 12.0 Å². The van der Waals surface area contributed by atoms with Gasteiger partial charge in [0.1, 0.15) is 0 Å². The molecule has 0 saturated heterocycles. The van der Waals surface area contributed by atoms with Gasteiger partial charge in [0.25, 0.3) is 0 Å². The Hall–Kier alpha value is -0.0400. The highest BCUT2D eigenvalue weighted by molar-refractivity contribution is 4.77. The maximum absolute atomic E-state index is 3.45. The van der Waals surface area contributed by atoms with Gasteiger partial charge in [0.2, 0.25) is 0 Å². The minimum atomic E-state index is 0.322. The molecule has 1 heteroatoms. The van der Waals surface area contributed by atoms with E-state index in [1.165, 1.54) is 6.42 Å². The Balaban J connectivity index is 3.63. The zero-order chi connectivity index (χ0) is 8.20. The van der Waals surface area contributed by atoms with Crippen molar-refractivity contribution in [2.75, 3.05) is 6.54 Å². The van der Waals surface area contributed by atoms with Crippen LogP contribution in [0.3, 0.4) is 0 Å². The number of nitrogens with one attached hydrogen (secondary N) is 1. The zero-order valence-electron chi connectivity index (χ0n) is 7.99.